The van der Waals surface area contributed by atoms with Gasteiger partial charge in [-0.05, 0) is 48.7 Å². The number of nitrogens with zero attached hydrogens (tertiary/aromatic N) is 2. The highest BCUT2D eigenvalue weighted by Crippen LogP contribution is 2.27. The van der Waals surface area contributed by atoms with Crippen molar-refractivity contribution >= 4 is 23.2 Å². The number of ether oxygens (including phenoxy) is 1. The number of methoxy groups -OCH3 is 1. The van der Waals surface area contributed by atoms with Gasteiger partial charge in [0.25, 0.3) is 5.91 Å². The molecule has 0 saturated heterocycles. The molecule has 2 N–H and O–H groups in total. The Bertz CT molecular complexity index is 956. The third-order valence-electron chi connectivity index (χ3n) is 4.14. The van der Waals surface area contributed by atoms with E-state index in [4.69, 9.17) is 4.74 Å². The number of benzene rings is 2. The van der Waals surface area contributed by atoms with Crippen LogP contribution in [0, 0.1) is 6.92 Å². The highest BCUT2D eigenvalue weighted by atomic mass is 16.5. The zero-order chi connectivity index (χ0) is 19.2. The largest absolute Gasteiger partial charge is 0.495 e. The molecule has 1 aromatic heterocycles. The molecule has 0 fully saturated rings. The van der Waals surface area contributed by atoms with Crippen molar-refractivity contribution in [3.8, 4) is 5.75 Å². The summed E-state index contributed by atoms with van der Waals surface area (Å²) in [6.45, 7) is 4.04. The lowest BCUT2D eigenvalue weighted by atomic mass is 10.1. The summed E-state index contributed by atoms with van der Waals surface area (Å²) in [5.41, 5.74) is 3.96. The standard InChI is InChI=1S/C21H22N4O2/c1-4-15-7-5-6-8-16(15)23-20(26)17-11-12-22-21(24-17)25-18-13-14(2)9-10-19(18)27-3/h5-13H,4H2,1-3H3,(H,23,26)(H,22,24,25). The number of hydrogen-bond acceptors (Lipinski definition) is 5. The van der Waals surface area contributed by atoms with E-state index in [-0.39, 0.29) is 11.6 Å². The Morgan fingerprint density at radius 1 is 1.11 bits per heavy atom. The smallest absolute Gasteiger partial charge is 0.274 e. The number of anilines is 3. The molecule has 1 amide bonds. The number of carbonyl (C=O) groups excluding carboxylic acids is 1. The number of aromatic nitrogens is 2. The van der Waals surface area contributed by atoms with E-state index in [1.165, 1.54) is 0 Å². The van der Waals surface area contributed by atoms with E-state index in [1.54, 1.807) is 19.4 Å². The van der Waals surface area contributed by atoms with Crippen molar-refractivity contribution in [3.63, 3.8) is 0 Å². The Hall–Kier alpha value is -3.41. The summed E-state index contributed by atoms with van der Waals surface area (Å²) in [6.07, 6.45) is 2.39. The van der Waals surface area contributed by atoms with E-state index in [2.05, 4.69) is 20.6 Å². The minimum atomic E-state index is -0.280. The number of aryl methyl sites for hydroxylation is 2. The van der Waals surface area contributed by atoms with Crippen LogP contribution in [-0.2, 0) is 6.42 Å². The molecule has 0 saturated carbocycles. The van der Waals surface area contributed by atoms with Gasteiger partial charge in [0.2, 0.25) is 5.95 Å². The second-order valence-corrected chi connectivity index (χ2v) is 6.06. The summed E-state index contributed by atoms with van der Waals surface area (Å²) >= 11 is 0. The van der Waals surface area contributed by atoms with Crippen molar-refractivity contribution in [1.82, 2.24) is 9.97 Å². The van der Waals surface area contributed by atoms with E-state index in [1.807, 2.05) is 56.3 Å². The van der Waals surface area contributed by atoms with Gasteiger partial charge in [0, 0.05) is 11.9 Å². The number of nitrogens with one attached hydrogen (secondary N) is 2. The molecule has 0 radical (unpaired) electrons. The summed E-state index contributed by atoms with van der Waals surface area (Å²) in [4.78, 5) is 21.2. The Morgan fingerprint density at radius 3 is 2.70 bits per heavy atom. The van der Waals surface area contributed by atoms with Gasteiger partial charge in [-0.1, -0.05) is 31.2 Å². The average Bonchev–Trinajstić information content (AvgIpc) is 2.69. The molecular weight excluding hydrogens is 340 g/mol. The molecule has 6 heteroatoms. The van der Waals surface area contributed by atoms with Gasteiger partial charge < -0.3 is 15.4 Å². The maximum atomic E-state index is 12.6. The van der Waals surface area contributed by atoms with Crippen LogP contribution in [0.15, 0.2) is 54.7 Å². The van der Waals surface area contributed by atoms with Gasteiger partial charge in [-0.15, -0.1) is 0 Å². The molecule has 3 rings (SSSR count). The van der Waals surface area contributed by atoms with Gasteiger partial charge in [-0.25, -0.2) is 9.97 Å². The monoisotopic (exact) mass is 362 g/mol. The highest BCUT2D eigenvalue weighted by molar-refractivity contribution is 6.03. The van der Waals surface area contributed by atoms with Crippen molar-refractivity contribution < 1.29 is 9.53 Å². The molecule has 0 aliphatic heterocycles. The van der Waals surface area contributed by atoms with Crippen LogP contribution in [0.2, 0.25) is 0 Å². The van der Waals surface area contributed by atoms with Crippen molar-refractivity contribution in [2.45, 2.75) is 20.3 Å². The topological polar surface area (TPSA) is 76.1 Å². The van der Waals surface area contributed by atoms with Gasteiger partial charge in [-0.3, -0.25) is 4.79 Å². The number of carbonyl (C=O) groups is 1. The molecule has 0 spiro atoms. The van der Waals surface area contributed by atoms with Crippen LogP contribution in [0.1, 0.15) is 28.5 Å². The first-order valence-corrected chi connectivity index (χ1v) is 8.74. The van der Waals surface area contributed by atoms with E-state index < -0.39 is 0 Å². The van der Waals surface area contributed by atoms with E-state index in [0.717, 1.165) is 28.9 Å². The van der Waals surface area contributed by atoms with Gasteiger partial charge in [0.15, 0.2) is 0 Å². The fourth-order valence-electron chi connectivity index (χ4n) is 2.72. The molecular formula is C21H22N4O2. The SMILES string of the molecule is CCc1ccccc1NC(=O)c1ccnc(Nc2cc(C)ccc2OC)n1. The normalized spacial score (nSPS) is 10.3. The minimum absolute atomic E-state index is 0.280. The first-order valence-electron chi connectivity index (χ1n) is 8.74. The second kappa shape index (κ2) is 8.31. The third-order valence-corrected chi connectivity index (χ3v) is 4.14. The molecule has 0 aliphatic carbocycles. The third kappa shape index (κ3) is 4.41. The van der Waals surface area contributed by atoms with Gasteiger partial charge in [0.05, 0.1) is 12.8 Å². The van der Waals surface area contributed by atoms with Crippen LogP contribution in [0.4, 0.5) is 17.3 Å². The molecule has 0 bridgehead atoms. The summed E-state index contributed by atoms with van der Waals surface area (Å²) in [5, 5.41) is 6.04. The Labute approximate surface area is 158 Å². The molecule has 0 aliphatic rings. The molecule has 27 heavy (non-hydrogen) atoms. The van der Waals surface area contributed by atoms with Crippen LogP contribution >= 0.6 is 0 Å². The summed E-state index contributed by atoms with van der Waals surface area (Å²) in [7, 11) is 1.60. The van der Waals surface area contributed by atoms with E-state index in [9.17, 15) is 4.79 Å². The van der Waals surface area contributed by atoms with Crippen LogP contribution in [0.25, 0.3) is 0 Å². The predicted octanol–water partition coefficient (Wildman–Crippen LogP) is 4.35. The number of hydrogen-bond donors (Lipinski definition) is 2. The minimum Gasteiger partial charge on any atom is -0.495 e. The van der Waals surface area contributed by atoms with Crippen LogP contribution in [-0.4, -0.2) is 23.0 Å². The quantitative estimate of drug-likeness (QED) is 0.682. The molecule has 1 heterocycles. The van der Waals surface area contributed by atoms with Crippen molar-refractivity contribution in [1.29, 1.82) is 0 Å². The molecule has 3 aromatic rings. The maximum Gasteiger partial charge on any atom is 0.274 e. The molecule has 6 nitrogen and oxygen atoms in total. The zero-order valence-electron chi connectivity index (χ0n) is 15.6. The zero-order valence-corrected chi connectivity index (χ0v) is 15.6. The average molecular weight is 362 g/mol. The van der Waals surface area contributed by atoms with Crippen LogP contribution in [0.3, 0.4) is 0 Å². The lowest BCUT2D eigenvalue weighted by molar-refractivity contribution is 0.102. The van der Waals surface area contributed by atoms with E-state index in [0.29, 0.717) is 11.7 Å². The lowest BCUT2D eigenvalue weighted by Gasteiger charge is -2.12. The second-order valence-electron chi connectivity index (χ2n) is 6.06. The maximum absolute atomic E-state index is 12.6. The summed E-state index contributed by atoms with van der Waals surface area (Å²) in [6, 6.07) is 15.1. The Morgan fingerprint density at radius 2 is 1.93 bits per heavy atom. The highest BCUT2D eigenvalue weighted by Gasteiger charge is 2.12. The number of para-hydroxylation sites is 1. The number of rotatable bonds is 6. The van der Waals surface area contributed by atoms with Crippen molar-refractivity contribution in [2.24, 2.45) is 0 Å². The van der Waals surface area contributed by atoms with Crippen molar-refractivity contribution in [3.05, 3.63) is 71.5 Å². The first kappa shape index (κ1) is 18.4. The fourth-order valence-corrected chi connectivity index (χ4v) is 2.72. The molecule has 2 aromatic carbocycles. The lowest BCUT2D eigenvalue weighted by Crippen LogP contribution is -2.15. The van der Waals surface area contributed by atoms with Gasteiger partial charge in [0.1, 0.15) is 11.4 Å². The first-order chi connectivity index (χ1) is 13.1. The predicted molar refractivity (Wildman–Crippen MR) is 107 cm³/mol. The van der Waals surface area contributed by atoms with Gasteiger partial charge >= 0.3 is 0 Å². The van der Waals surface area contributed by atoms with E-state index >= 15 is 0 Å². The molecule has 0 unspecified atom stereocenters. The molecule has 138 valence electrons. The fraction of sp³-hybridized carbons (Fsp3) is 0.190. The summed E-state index contributed by atoms with van der Waals surface area (Å²) < 4.78 is 5.36. The summed E-state index contributed by atoms with van der Waals surface area (Å²) in [5.74, 6) is 0.726. The number of amides is 1. The van der Waals surface area contributed by atoms with Crippen LogP contribution < -0.4 is 15.4 Å². The van der Waals surface area contributed by atoms with Crippen molar-refractivity contribution in [2.75, 3.05) is 17.7 Å². The van der Waals surface area contributed by atoms with Gasteiger partial charge in [-0.2, -0.15) is 0 Å². The van der Waals surface area contributed by atoms with Crippen LogP contribution in [0.5, 0.6) is 5.75 Å². The molecule has 0 atom stereocenters. The Kier molecular flexibility index (Phi) is 5.66. The Balaban J connectivity index is 1.81.